The van der Waals surface area contributed by atoms with E-state index in [0.717, 1.165) is 30.4 Å². The minimum atomic E-state index is -0.925. The van der Waals surface area contributed by atoms with Gasteiger partial charge in [0.15, 0.2) is 0 Å². The minimum absolute atomic E-state index is 0.180. The molecule has 29 heavy (non-hydrogen) atoms. The number of allylic oxidation sites excluding steroid dienone is 2. The minimum Gasteiger partial charge on any atom is -0.478 e. The van der Waals surface area contributed by atoms with Gasteiger partial charge in [-0.1, -0.05) is 60.7 Å². The van der Waals surface area contributed by atoms with Crippen molar-refractivity contribution >= 4 is 11.7 Å². The molecule has 150 valence electrons. The zero-order chi connectivity index (χ0) is 20.8. The summed E-state index contributed by atoms with van der Waals surface area (Å²) in [5, 5.41) is 13.3. The second-order valence-corrected chi connectivity index (χ2v) is 7.33. The summed E-state index contributed by atoms with van der Waals surface area (Å²) in [5.41, 5.74) is 11.9. The van der Waals surface area contributed by atoms with Gasteiger partial charge < -0.3 is 16.2 Å². The first kappa shape index (κ1) is 20.5. The molecule has 0 saturated heterocycles. The molecule has 4 N–H and O–H groups in total. The van der Waals surface area contributed by atoms with Crippen LogP contribution in [-0.4, -0.2) is 11.1 Å². The van der Waals surface area contributed by atoms with E-state index in [-0.39, 0.29) is 5.92 Å². The van der Waals surface area contributed by atoms with Gasteiger partial charge in [0.25, 0.3) is 0 Å². The molecular weight excluding hydrogens is 360 g/mol. The van der Waals surface area contributed by atoms with Crippen LogP contribution >= 0.6 is 0 Å². The normalized spacial score (nSPS) is 17.9. The molecule has 1 aliphatic rings. The van der Waals surface area contributed by atoms with Crippen LogP contribution in [0.25, 0.3) is 5.70 Å². The third-order valence-corrected chi connectivity index (χ3v) is 5.55. The highest BCUT2D eigenvalue weighted by atomic mass is 16.4. The van der Waals surface area contributed by atoms with Crippen LogP contribution in [0.4, 0.5) is 0 Å². The Morgan fingerprint density at radius 1 is 1.10 bits per heavy atom. The maximum atomic E-state index is 12.2. The number of rotatable bonds is 6. The van der Waals surface area contributed by atoms with E-state index in [9.17, 15) is 9.90 Å². The number of hydrogen-bond donors (Lipinski definition) is 3. The van der Waals surface area contributed by atoms with Crippen LogP contribution in [0.1, 0.15) is 37.0 Å². The number of carboxylic acid groups (broad SMARTS) is 1. The zero-order valence-corrected chi connectivity index (χ0v) is 17.0. The van der Waals surface area contributed by atoms with Gasteiger partial charge >= 0.3 is 5.97 Å². The van der Waals surface area contributed by atoms with Crippen molar-refractivity contribution in [1.82, 2.24) is 5.32 Å². The Bertz CT molecular complexity index is 971. The molecule has 1 aliphatic carbocycles. The number of carbonyl (C=O) groups is 1. The molecular formula is C25H28N2O2. The van der Waals surface area contributed by atoms with E-state index >= 15 is 0 Å². The molecule has 4 heteroatoms. The number of aliphatic carboxylic acids is 1. The lowest BCUT2D eigenvalue weighted by atomic mass is 9.77. The Labute approximate surface area is 172 Å². The summed E-state index contributed by atoms with van der Waals surface area (Å²) in [7, 11) is 0. The maximum absolute atomic E-state index is 12.2. The Balaban J connectivity index is 1.92. The molecule has 0 aliphatic heterocycles. The fourth-order valence-corrected chi connectivity index (χ4v) is 4.14. The van der Waals surface area contributed by atoms with Crippen molar-refractivity contribution in [3.8, 4) is 0 Å². The van der Waals surface area contributed by atoms with Gasteiger partial charge in [-0.15, -0.1) is 0 Å². The van der Waals surface area contributed by atoms with Gasteiger partial charge in [-0.2, -0.15) is 0 Å². The van der Waals surface area contributed by atoms with E-state index in [4.69, 9.17) is 5.73 Å². The average molecular weight is 389 g/mol. The first-order chi connectivity index (χ1) is 14.0. The predicted molar refractivity (Wildman–Crippen MR) is 118 cm³/mol. The second-order valence-electron chi connectivity index (χ2n) is 7.33. The van der Waals surface area contributed by atoms with Crippen LogP contribution in [0.3, 0.4) is 0 Å². The van der Waals surface area contributed by atoms with E-state index in [1.54, 1.807) is 6.92 Å². The molecule has 0 amide bonds. The van der Waals surface area contributed by atoms with Crippen LogP contribution in [0.5, 0.6) is 0 Å². The van der Waals surface area contributed by atoms with Crippen molar-refractivity contribution in [3.63, 3.8) is 0 Å². The summed E-state index contributed by atoms with van der Waals surface area (Å²) in [4.78, 5) is 12.2. The monoisotopic (exact) mass is 388 g/mol. The SMILES string of the molecule is C/C=C(\C(C(=O)O)=C(/C)NC(=CN)c1ccccc1)C1CCc2ccccc2C1. The Hall–Kier alpha value is -3.27. The topological polar surface area (TPSA) is 75.3 Å². The van der Waals surface area contributed by atoms with Crippen LogP contribution < -0.4 is 11.1 Å². The van der Waals surface area contributed by atoms with Gasteiger partial charge in [0.1, 0.15) is 0 Å². The number of nitrogens with one attached hydrogen (secondary N) is 1. The molecule has 3 rings (SSSR count). The van der Waals surface area contributed by atoms with Crippen LogP contribution in [0.15, 0.2) is 83.7 Å². The molecule has 0 saturated carbocycles. The molecule has 4 nitrogen and oxygen atoms in total. The standard InChI is InChI=1S/C25H28N2O2/c1-3-22(21-14-13-18-9-7-8-12-20(18)15-21)24(25(28)29)17(2)27-23(16-26)19-10-5-4-6-11-19/h3-12,16,21,27H,13-15,26H2,1-2H3,(H,28,29)/b22-3-,23-16?,24-17-. The van der Waals surface area contributed by atoms with E-state index in [1.165, 1.54) is 17.3 Å². The summed E-state index contributed by atoms with van der Waals surface area (Å²) in [6.45, 7) is 3.72. The van der Waals surface area contributed by atoms with E-state index < -0.39 is 5.97 Å². The zero-order valence-electron chi connectivity index (χ0n) is 17.0. The quantitative estimate of drug-likeness (QED) is 0.498. The molecule has 0 bridgehead atoms. The molecule has 2 aromatic rings. The van der Waals surface area contributed by atoms with Crippen molar-refractivity contribution in [3.05, 3.63) is 100 Å². The third-order valence-electron chi connectivity index (χ3n) is 5.55. The van der Waals surface area contributed by atoms with Crippen molar-refractivity contribution in [1.29, 1.82) is 0 Å². The van der Waals surface area contributed by atoms with Gasteiger partial charge in [0.05, 0.1) is 11.3 Å². The molecule has 1 atom stereocenters. The molecule has 0 aromatic heterocycles. The molecule has 0 fully saturated rings. The number of fused-ring (bicyclic) bond motifs is 1. The van der Waals surface area contributed by atoms with Gasteiger partial charge in [-0.05, 0) is 61.3 Å². The third kappa shape index (κ3) is 4.60. The average Bonchev–Trinajstić information content (AvgIpc) is 2.75. The highest BCUT2D eigenvalue weighted by Crippen LogP contribution is 2.34. The second kappa shape index (κ2) is 9.28. The summed E-state index contributed by atoms with van der Waals surface area (Å²) in [6, 6.07) is 18.1. The first-order valence-corrected chi connectivity index (χ1v) is 9.97. The lowest BCUT2D eigenvalue weighted by Gasteiger charge is -2.28. The van der Waals surface area contributed by atoms with Crippen molar-refractivity contribution in [2.75, 3.05) is 0 Å². The smallest absolute Gasteiger partial charge is 0.337 e. The Morgan fingerprint density at radius 3 is 2.38 bits per heavy atom. The van der Waals surface area contributed by atoms with Gasteiger partial charge in [-0.25, -0.2) is 4.79 Å². The summed E-state index contributed by atoms with van der Waals surface area (Å²) in [5.74, 6) is -0.744. The Morgan fingerprint density at radius 2 is 1.76 bits per heavy atom. The summed E-state index contributed by atoms with van der Waals surface area (Å²) in [6.07, 6.45) is 6.19. The maximum Gasteiger partial charge on any atom is 0.337 e. The Kier molecular flexibility index (Phi) is 6.55. The molecule has 1 unspecified atom stereocenters. The van der Waals surface area contributed by atoms with Gasteiger partial charge in [0.2, 0.25) is 0 Å². The van der Waals surface area contributed by atoms with Gasteiger partial charge in [-0.3, -0.25) is 0 Å². The lowest BCUT2D eigenvalue weighted by molar-refractivity contribution is -0.132. The van der Waals surface area contributed by atoms with E-state index in [2.05, 4.69) is 29.6 Å². The fraction of sp³-hybridized carbons (Fsp3) is 0.240. The fourth-order valence-electron chi connectivity index (χ4n) is 4.14. The van der Waals surface area contributed by atoms with E-state index in [0.29, 0.717) is 17.0 Å². The number of aryl methyl sites for hydroxylation is 1. The number of benzene rings is 2. The van der Waals surface area contributed by atoms with Crippen molar-refractivity contribution in [2.24, 2.45) is 11.7 Å². The summed E-state index contributed by atoms with van der Waals surface area (Å²) < 4.78 is 0. The largest absolute Gasteiger partial charge is 0.478 e. The van der Waals surface area contributed by atoms with Crippen LogP contribution in [-0.2, 0) is 17.6 Å². The van der Waals surface area contributed by atoms with Gasteiger partial charge in [0, 0.05) is 11.9 Å². The van der Waals surface area contributed by atoms with Crippen LogP contribution in [0.2, 0.25) is 0 Å². The molecule has 2 aromatic carbocycles. The van der Waals surface area contributed by atoms with Crippen molar-refractivity contribution in [2.45, 2.75) is 33.1 Å². The number of carboxylic acids is 1. The first-order valence-electron chi connectivity index (χ1n) is 9.97. The molecule has 0 heterocycles. The van der Waals surface area contributed by atoms with Crippen LogP contribution in [0, 0.1) is 5.92 Å². The lowest BCUT2D eigenvalue weighted by Crippen LogP contribution is -2.23. The number of nitrogens with two attached hydrogens (primary N) is 1. The molecule has 0 spiro atoms. The highest BCUT2D eigenvalue weighted by molar-refractivity contribution is 5.93. The highest BCUT2D eigenvalue weighted by Gasteiger charge is 2.27. The van der Waals surface area contributed by atoms with Crippen molar-refractivity contribution < 1.29 is 9.90 Å². The number of hydrogen-bond acceptors (Lipinski definition) is 3. The predicted octanol–water partition coefficient (Wildman–Crippen LogP) is 4.64. The summed E-state index contributed by atoms with van der Waals surface area (Å²) >= 11 is 0. The van der Waals surface area contributed by atoms with E-state index in [1.807, 2.05) is 43.3 Å². The molecule has 0 radical (unpaired) electrons.